The Bertz CT molecular complexity index is 1530. The fourth-order valence-electron chi connectivity index (χ4n) is 4.20. The fraction of sp³-hybridized carbons (Fsp3) is 0.273. The van der Waals surface area contributed by atoms with E-state index in [1.165, 1.54) is 28.5 Å². The van der Waals surface area contributed by atoms with Gasteiger partial charge in [0, 0.05) is 29.8 Å². The van der Waals surface area contributed by atoms with Crippen molar-refractivity contribution in [3.8, 4) is 11.4 Å². The Labute approximate surface area is 229 Å². The first-order valence-corrected chi connectivity index (χ1v) is 13.3. The number of nitrogens with one attached hydrogen (secondary N) is 1. The molecular weight excluding hydrogens is 548 g/mol. The molecule has 5 heterocycles. The van der Waals surface area contributed by atoms with E-state index in [-0.39, 0.29) is 34.7 Å². The van der Waals surface area contributed by atoms with Crippen molar-refractivity contribution in [1.82, 2.24) is 30.0 Å². The van der Waals surface area contributed by atoms with Crippen LogP contribution in [0, 0.1) is 0 Å². The van der Waals surface area contributed by atoms with Crippen LogP contribution in [0.25, 0.3) is 11.4 Å². The lowest BCUT2D eigenvalue weighted by molar-refractivity contribution is -0.688. The maximum absolute atomic E-state index is 13.1. The van der Waals surface area contributed by atoms with Gasteiger partial charge in [-0.05, 0) is 6.07 Å². The molecule has 0 unspecified atom stereocenters. The van der Waals surface area contributed by atoms with Gasteiger partial charge in [0.05, 0.1) is 5.56 Å². The number of thioether (sulfide) groups is 1. The number of nitrogen functional groups attached to an aromatic ring is 2. The number of nitrogens with zero attached hydrogens (tertiary/aromatic N) is 7. The van der Waals surface area contributed by atoms with Crippen LogP contribution in [0.2, 0.25) is 0 Å². The summed E-state index contributed by atoms with van der Waals surface area (Å²) in [7, 11) is 2.96. The smallest absolute Gasteiger partial charge is 0.352 e. The Hall–Kier alpha value is -4.51. The molecule has 17 heteroatoms. The SMILES string of the molecule is CO/N=C(\C(=O)N[C@@H]1C(=O)N2C(C(=O)O)=C(C[n+]3cccc(-c4nc(N)n(C)n4)c3)CS[C@H]12)c1csc(N)n1. The van der Waals surface area contributed by atoms with Crippen LogP contribution in [0.15, 0.2) is 46.3 Å². The molecule has 0 bridgehead atoms. The van der Waals surface area contributed by atoms with Crippen LogP contribution < -0.4 is 21.4 Å². The summed E-state index contributed by atoms with van der Waals surface area (Å²) in [5.41, 5.74) is 12.6. The molecule has 5 rings (SSSR count). The number of carbonyl (C=O) groups excluding carboxylic acids is 2. The van der Waals surface area contributed by atoms with Gasteiger partial charge in [-0.2, -0.15) is 4.98 Å². The molecule has 3 aromatic rings. The van der Waals surface area contributed by atoms with E-state index in [1.54, 1.807) is 35.5 Å². The van der Waals surface area contributed by atoms with Crippen molar-refractivity contribution in [2.75, 3.05) is 24.3 Å². The number of anilines is 2. The second-order valence-corrected chi connectivity index (χ2v) is 10.5. The van der Waals surface area contributed by atoms with E-state index in [0.717, 1.165) is 11.3 Å². The topological polar surface area (TPSA) is 208 Å². The molecule has 2 aliphatic heterocycles. The van der Waals surface area contributed by atoms with Crippen LogP contribution in [-0.2, 0) is 32.8 Å². The number of β-lactam (4-membered cyclic amide) rings is 1. The molecule has 0 aromatic carbocycles. The predicted molar refractivity (Wildman–Crippen MR) is 141 cm³/mol. The maximum Gasteiger partial charge on any atom is 0.352 e. The molecule has 0 saturated carbocycles. The lowest BCUT2D eigenvalue weighted by Gasteiger charge is -2.49. The highest BCUT2D eigenvalue weighted by atomic mass is 32.2. The normalized spacial score (nSPS) is 19.0. The fourth-order valence-corrected chi connectivity index (χ4v) is 6.08. The molecule has 2 aliphatic rings. The van der Waals surface area contributed by atoms with Gasteiger partial charge in [-0.15, -0.1) is 28.2 Å². The first-order chi connectivity index (χ1) is 18.7. The highest BCUT2D eigenvalue weighted by Crippen LogP contribution is 2.40. The number of amides is 2. The van der Waals surface area contributed by atoms with Crippen molar-refractivity contribution in [3.63, 3.8) is 0 Å². The molecule has 2 atom stereocenters. The van der Waals surface area contributed by atoms with Crippen LogP contribution in [0.5, 0.6) is 0 Å². The number of aryl methyl sites for hydroxylation is 1. The molecule has 1 saturated heterocycles. The van der Waals surface area contributed by atoms with Crippen molar-refractivity contribution >= 4 is 57.7 Å². The van der Waals surface area contributed by atoms with Gasteiger partial charge in [0.2, 0.25) is 5.95 Å². The summed E-state index contributed by atoms with van der Waals surface area (Å²) >= 11 is 2.48. The first kappa shape index (κ1) is 26.1. The van der Waals surface area contributed by atoms with E-state index in [2.05, 4.69) is 25.5 Å². The van der Waals surface area contributed by atoms with Crippen LogP contribution in [0.4, 0.5) is 11.1 Å². The number of carboxylic acid groups (broad SMARTS) is 1. The maximum atomic E-state index is 13.1. The predicted octanol–water partition coefficient (Wildman–Crippen LogP) is -0.820. The van der Waals surface area contributed by atoms with Crippen molar-refractivity contribution in [2.45, 2.75) is 18.0 Å². The van der Waals surface area contributed by atoms with E-state index in [9.17, 15) is 19.5 Å². The van der Waals surface area contributed by atoms with Crippen molar-refractivity contribution in [2.24, 2.45) is 12.2 Å². The number of oxime groups is 1. The summed E-state index contributed by atoms with van der Waals surface area (Å²) in [6.45, 7) is 0.216. The molecule has 39 heavy (non-hydrogen) atoms. The van der Waals surface area contributed by atoms with Gasteiger partial charge in [0.15, 0.2) is 35.6 Å². The Kier molecular flexibility index (Phi) is 6.92. The molecule has 202 valence electrons. The molecular formula is C22H23N10O5S2+. The summed E-state index contributed by atoms with van der Waals surface area (Å²) in [4.78, 5) is 52.5. The number of carbonyl (C=O) groups is 3. The zero-order valence-corrected chi connectivity index (χ0v) is 22.3. The minimum absolute atomic E-state index is 0.106. The first-order valence-electron chi connectivity index (χ1n) is 11.4. The van der Waals surface area contributed by atoms with Gasteiger partial charge in [0.25, 0.3) is 11.8 Å². The Morgan fingerprint density at radius 2 is 2.15 bits per heavy atom. The second-order valence-electron chi connectivity index (χ2n) is 8.49. The lowest BCUT2D eigenvalue weighted by Crippen LogP contribution is -2.71. The van der Waals surface area contributed by atoms with Crippen LogP contribution in [-0.4, -0.2) is 77.5 Å². The largest absolute Gasteiger partial charge is 0.477 e. The molecule has 0 spiro atoms. The van der Waals surface area contributed by atoms with E-state index in [0.29, 0.717) is 22.7 Å². The second kappa shape index (κ2) is 10.3. The number of fused-ring (bicyclic) bond motifs is 1. The number of hydrogen-bond donors (Lipinski definition) is 4. The van der Waals surface area contributed by atoms with Crippen molar-refractivity contribution in [1.29, 1.82) is 0 Å². The summed E-state index contributed by atoms with van der Waals surface area (Å²) in [5, 5.41) is 21.8. The van der Waals surface area contributed by atoms with Crippen molar-refractivity contribution < 1.29 is 28.9 Å². The van der Waals surface area contributed by atoms with Gasteiger partial charge < -0.3 is 26.7 Å². The van der Waals surface area contributed by atoms with Gasteiger partial charge >= 0.3 is 5.97 Å². The summed E-state index contributed by atoms with van der Waals surface area (Å²) < 4.78 is 3.24. The minimum atomic E-state index is -1.23. The van der Waals surface area contributed by atoms with Crippen LogP contribution >= 0.6 is 23.1 Å². The average Bonchev–Trinajstić information content (AvgIpc) is 3.49. The van der Waals surface area contributed by atoms with Gasteiger partial charge in [-0.3, -0.25) is 14.5 Å². The third-order valence-corrected chi connectivity index (χ3v) is 8.00. The summed E-state index contributed by atoms with van der Waals surface area (Å²) in [5.74, 6) is -1.44. The third-order valence-electron chi connectivity index (χ3n) is 5.99. The summed E-state index contributed by atoms with van der Waals surface area (Å²) in [6, 6.07) is 2.65. The van der Waals surface area contributed by atoms with Gasteiger partial charge in [-0.1, -0.05) is 5.16 Å². The molecule has 0 aliphatic carbocycles. The monoisotopic (exact) mass is 571 g/mol. The lowest BCUT2D eigenvalue weighted by atomic mass is 10.0. The third kappa shape index (κ3) is 4.88. The van der Waals surface area contributed by atoms with E-state index in [1.807, 2.05) is 6.07 Å². The molecule has 3 aromatic heterocycles. The van der Waals surface area contributed by atoms with E-state index < -0.39 is 29.2 Å². The van der Waals surface area contributed by atoms with Gasteiger partial charge in [0.1, 0.15) is 29.9 Å². The Balaban J connectivity index is 1.35. The number of aromatic nitrogens is 5. The molecule has 1 fully saturated rings. The highest BCUT2D eigenvalue weighted by Gasteiger charge is 2.54. The Morgan fingerprint density at radius 1 is 1.36 bits per heavy atom. The number of pyridine rings is 1. The number of carboxylic acids is 1. The number of rotatable bonds is 8. The Morgan fingerprint density at radius 3 is 2.79 bits per heavy atom. The van der Waals surface area contributed by atoms with E-state index >= 15 is 0 Å². The molecule has 15 nitrogen and oxygen atoms in total. The minimum Gasteiger partial charge on any atom is -0.477 e. The van der Waals surface area contributed by atoms with Crippen LogP contribution in [0.1, 0.15) is 5.69 Å². The summed E-state index contributed by atoms with van der Waals surface area (Å²) in [6.07, 6.45) is 3.56. The zero-order chi connectivity index (χ0) is 27.8. The number of aliphatic carboxylic acids is 1. The van der Waals surface area contributed by atoms with Crippen molar-refractivity contribution in [3.05, 3.63) is 46.9 Å². The van der Waals surface area contributed by atoms with Gasteiger partial charge in [-0.25, -0.2) is 19.0 Å². The quantitative estimate of drug-likeness (QED) is 0.114. The van der Waals surface area contributed by atoms with E-state index in [4.69, 9.17) is 16.3 Å². The number of hydrogen-bond acceptors (Lipinski definition) is 12. The van der Waals surface area contributed by atoms with Crippen LogP contribution in [0.3, 0.4) is 0 Å². The standard InChI is InChI=1S/C22H22N10O5S2/c1-30-21(23)27-16(28-30)10-4-3-5-31(6-10)7-11-8-38-19-14(18(34)32(19)15(11)20(35)36)26-17(33)13(29-37-2)12-9-39-22(24)25-12/h3-6,9,14,19H,7-8H2,1-2H3,(H5-,23,24,25,26,27,28,33,35,36)/p+1/b29-13-/t14-,19-/m1/s1. The number of nitrogens with two attached hydrogens (primary N) is 2. The average molecular weight is 572 g/mol. The zero-order valence-electron chi connectivity index (χ0n) is 20.6. The molecule has 0 radical (unpaired) electrons. The number of thiazole rings is 1. The molecule has 2 amide bonds. The molecule has 6 N–H and O–H groups in total. The highest BCUT2D eigenvalue weighted by molar-refractivity contribution is 8.00.